The molecule has 0 spiro atoms. The van der Waals surface area contributed by atoms with E-state index in [9.17, 15) is 0 Å². The zero-order valence-electron chi connectivity index (χ0n) is 23.9. The van der Waals surface area contributed by atoms with Gasteiger partial charge in [0, 0.05) is 47.5 Å². The van der Waals surface area contributed by atoms with Crippen molar-refractivity contribution < 1.29 is 4.42 Å². The van der Waals surface area contributed by atoms with Crippen LogP contribution in [0.2, 0.25) is 0 Å². The van der Waals surface area contributed by atoms with E-state index < -0.39 is 0 Å². The molecule has 10 rings (SSSR count). The zero-order chi connectivity index (χ0) is 29.5. The average Bonchev–Trinajstić information content (AvgIpc) is 3.78. The summed E-state index contributed by atoms with van der Waals surface area (Å²) < 4.78 is 11.2. The van der Waals surface area contributed by atoms with E-state index >= 15 is 0 Å². The van der Waals surface area contributed by atoms with E-state index in [-0.39, 0.29) is 0 Å². The van der Waals surface area contributed by atoms with Gasteiger partial charge >= 0.3 is 0 Å². The van der Waals surface area contributed by atoms with Gasteiger partial charge in [0.15, 0.2) is 0 Å². The molecule has 4 aromatic heterocycles. The Kier molecular flexibility index (Phi) is 5.12. The molecule has 0 aliphatic rings. The summed E-state index contributed by atoms with van der Waals surface area (Å²) in [7, 11) is 0. The molecule has 45 heavy (non-hydrogen) atoms. The van der Waals surface area contributed by atoms with Gasteiger partial charge in [0.25, 0.3) is 0 Å². The van der Waals surface area contributed by atoms with Crippen LogP contribution in [0.3, 0.4) is 0 Å². The molecule has 0 unspecified atom stereocenters. The summed E-state index contributed by atoms with van der Waals surface area (Å²) in [6.45, 7) is 0. The Morgan fingerprint density at radius 2 is 1.27 bits per heavy atom. The maximum absolute atomic E-state index is 6.53. The van der Waals surface area contributed by atoms with E-state index in [0.717, 1.165) is 66.3 Å². The molecule has 0 radical (unpaired) electrons. The van der Waals surface area contributed by atoms with Crippen molar-refractivity contribution in [2.45, 2.75) is 0 Å². The van der Waals surface area contributed by atoms with Crippen molar-refractivity contribution in [1.82, 2.24) is 14.5 Å². The van der Waals surface area contributed by atoms with Crippen molar-refractivity contribution >= 4 is 75.3 Å². The van der Waals surface area contributed by atoms with E-state index in [1.807, 2.05) is 29.5 Å². The molecule has 5 heteroatoms. The molecule has 4 heterocycles. The molecule has 0 fully saturated rings. The molecule has 0 saturated carbocycles. The molecule has 0 aliphatic carbocycles. The Balaban J connectivity index is 1.31. The van der Waals surface area contributed by atoms with E-state index in [1.54, 1.807) is 0 Å². The maximum Gasteiger partial charge on any atom is 0.235 e. The molecule has 0 N–H and O–H groups in total. The first-order chi connectivity index (χ1) is 22.3. The Bertz CT molecular complexity index is 2770. The predicted molar refractivity (Wildman–Crippen MR) is 187 cm³/mol. The molecule has 0 aliphatic heterocycles. The lowest BCUT2D eigenvalue weighted by Crippen LogP contribution is -2.04. The summed E-state index contributed by atoms with van der Waals surface area (Å²) in [5, 5.41) is 6.93. The van der Waals surface area contributed by atoms with E-state index in [4.69, 9.17) is 14.4 Å². The Hall–Kier alpha value is -5.78. The number of nitrogens with zero attached hydrogens (tertiary/aromatic N) is 3. The fourth-order valence-corrected chi connectivity index (χ4v) is 8.05. The highest BCUT2D eigenvalue weighted by Gasteiger charge is 2.21. The van der Waals surface area contributed by atoms with Gasteiger partial charge in [-0.05, 0) is 36.4 Å². The number of hydrogen-bond donors (Lipinski definition) is 0. The number of para-hydroxylation sites is 2. The summed E-state index contributed by atoms with van der Waals surface area (Å²) in [4.78, 5) is 10.6. The van der Waals surface area contributed by atoms with Crippen LogP contribution >= 0.6 is 11.3 Å². The molecule has 0 bridgehead atoms. The zero-order valence-corrected chi connectivity index (χ0v) is 24.8. The van der Waals surface area contributed by atoms with Crippen molar-refractivity contribution in [2.75, 3.05) is 0 Å². The SMILES string of the molecule is c1ccc(-c2cc(-c3cccc4c3sc3ccccc34)nc(-n3c4ccccc4c4c5oc6ccccc6c5ccc43)n2)cc1. The van der Waals surface area contributed by atoms with Crippen LogP contribution in [0, 0.1) is 0 Å². The summed E-state index contributed by atoms with van der Waals surface area (Å²) in [6, 6.07) is 48.7. The van der Waals surface area contributed by atoms with Gasteiger partial charge in [-0.25, -0.2) is 9.97 Å². The average molecular weight is 594 g/mol. The third-order valence-electron chi connectivity index (χ3n) is 8.84. The van der Waals surface area contributed by atoms with Crippen LogP contribution < -0.4 is 0 Å². The Morgan fingerprint density at radius 3 is 2.18 bits per heavy atom. The first kappa shape index (κ1) is 24.6. The normalized spacial score (nSPS) is 12.0. The Morgan fingerprint density at radius 1 is 0.533 bits per heavy atom. The van der Waals surface area contributed by atoms with Gasteiger partial charge in [-0.3, -0.25) is 4.57 Å². The quantitative estimate of drug-likeness (QED) is 0.205. The topological polar surface area (TPSA) is 43.9 Å². The minimum absolute atomic E-state index is 0.631. The summed E-state index contributed by atoms with van der Waals surface area (Å²) in [5.41, 5.74) is 7.75. The largest absolute Gasteiger partial charge is 0.455 e. The molecular weight excluding hydrogens is 571 g/mol. The highest BCUT2D eigenvalue weighted by atomic mass is 32.1. The lowest BCUT2D eigenvalue weighted by atomic mass is 10.0. The van der Waals surface area contributed by atoms with Gasteiger partial charge in [0.05, 0.1) is 27.8 Å². The van der Waals surface area contributed by atoms with Gasteiger partial charge in [-0.2, -0.15) is 0 Å². The van der Waals surface area contributed by atoms with Crippen LogP contribution in [0.1, 0.15) is 0 Å². The third kappa shape index (κ3) is 3.59. The van der Waals surface area contributed by atoms with Crippen LogP contribution in [-0.2, 0) is 0 Å². The highest BCUT2D eigenvalue weighted by molar-refractivity contribution is 7.26. The van der Waals surface area contributed by atoms with Crippen LogP contribution in [-0.4, -0.2) is 14.5 Å². The molecule has 210 valence electrons. The summed E-state index contributed by atoms with van der Waals surface area (Å²) >= 11 is 1.82. The number of thiophene rings is 1. The molecule has 0 amide bonds. The van der Waals surface area contributed by atoms with Gasteiger partial charge < -0.3 is 4.42 Å². The highest BCUT2D eigenvalue weighted by Crippen LogP contribution is 2.42. The van der Waals surface area contributed by atoms with Crippen molar-refractivity contribution in [3.8, 4) is 28.5 Å². The smallest absolute Gasteiger partial charge is 0.235 e. The second-order valence-corrected chi connectivity index (χ2v) is 12.4. The number of furan rings is 1. The van der Waals surface area contributed by atoms with Crippen LogP contribution in [0.25, 0.3) is 92.4 Å². The molecule has 0 atom stereocenters. The molecule has 0 saturated heterocycles. The van der Waals surface area contributed by atoms with Gasteiger partial charge in [-0.15, -0.1) is 11.3 Å². The van der Waals surface area contributed by atoms with Crippen molar-refractivity contribution in [3.63, 3.8) is 0 Å². The lowest BCUT2D eigenvalue weighted by Gasteiger charge is -2.12. The fourth-order valence-electron chi connectivity index (χ4n) is 6.83. The number of benzene rings is 6. The predicted octanol–water partition coefficient (Wildman–Crippen LogP) is 11.2. The molecule has 6 aromatic carbocycles. The van der Waals surface area contributed by atoms with E-state index in [2.05, 4.69) is 126 Å². The molecular formula is C40H23N3OS. The van der Waals surface area contributed by atoms with Crippen LogP contribution in [0.15, 0.2) is 144 Å². The maximum atomic E-state index is 6.53. The standard InChI is InChI=1S/C40H23N3OS/c1-2-11-24(12-3-1)31-23-32(29-17-10-16-28-26-14-6-9-20-36(26)45-39(28)29)42-40(41-31)43-33-18-7-4-15-30(33)37-34(43)22-21-27-25-13-5-8-19-35(25)44-38(27)37/h1-23H. The Labute approximate surface area is 261 Å². The van der Waals surface area contributed by atoms with Crippen molar-refractivity contribution in [1.29, 1.82) is 0 Å². The minimum atomic E-state index is 0.631. The minimum Gasteiger partial charge on any atom is -0.455 e. The monoisotopic (exact) mass is 593 g/mol. The van der Waals surface area contributed by atoms with E-state index in [0.29, 0.717) is 5.95 Å². The third-order valence-corrected chi connectivity index (χ3v) is 10.1. The number of hydrogen-bond acceptors (Lipinski definition) is 4. The van der Waals surface area contributed by atoms with Crippen LogP contribution in [0.4, 0.5) is 0 Å². The van der Waals surface area contributed by atoms with Crippen molar-refractivity contribution in [3.05, 3.63) is 140 Å². The summed E-state index contributed by atoms with van der Waals surface area (Å²) in [6.07, 6.45) is 0. The van der Waals surface area contributed by atoms with Crippen LogP contribution in [0.5, 0.6) is 0 Å². The first-order valence-corrected chi connectivity index (χ1v) is 15.8. The van der Waals surface area contributed by atoms with Gasteiger partial charge in [0.2, 0.25) is 5.95 Å². The van der Waals surface area contributed by atoms with E-state index in [1.165, 1.54) is 20.2 Å². The molecule has 10 aromatic rings. The van der Waals surface area contributed by atoms with Crippen molar-refractivity contribution in [2.24, 2.45) is 0 Å². The number of fused-ring (bicyclic) bond motifs is 10. The van der Waals surface area contributed by atoms with Gasteiger partial charge in [0.1, 0.15) is 11.2 Å². The lowest BCUT2D eigenvalue weighted by molar-refractivity contribution is 0.673. The van der Waals surface area contributed by atoms with Gasteiger partial charge in [-0.1, -0.05) is 103 Å². The molecule has 4 nitrogen and oxygen atoms in total. The second kappa shape index (κ2) is 9.36. The number of aromatic nitrogens is 3. The fraction of sp³-hybridized carbons (Fsp3) is 0. The first-order valence-electron chi connectivity index (χ1n) is 15.0. The summed E-state index contributed by atoms with van der Waals surface area (Å²) in [5.74, 6) is 0.631. The second-order valence-electron chi connectivity index (χ2n) is 11.4. The number of rotatable bonds is 3.